The Morgan fingerprint density at radius 3 is 1.61 bits per heavy atom. The lowest BCUT2D eigenvalue weighted by Gasteiger charge is -2.58. The van der Waals surface area contributed by atoms with Gasteiger partial charge in [-0.25, -0.2) is 0 Å². The Bertz CT molecular complexity index is 2410. The molecule has 5 aromatic carbocycles. The summed E-state index contributed by atoms with van der Waals surface area (Å²) >= 11 is 0. The third-order valence-electron chi connectivity index (χ3n) is 18.3. The fourth-order valence-electron chi connectivity index (χ4n) is 16.8. The van der Waals surface area contributed by atoms with Crippen LogP contribution in [0.2, 0.25) is 16.6 Å². The highest BCUT2D eigenvalue weighted by Crippen LogP contribution is 2.75. The van der Waals surface area contributed by atoms with E-state index in [1.807, 2.05) is 5.57 Å². The Hall–Kier alpha value is -4.20. The van der Waals surface area contributed by atoms with Crippen LogP contribution in [0.25, 0.3) is 27.1 Å². The molecule has 5 aromatic rings. The minimum atomic E-state index is -2.40. The number of allylic oxidation sites excluding steroid dienone is 8. The van der Waals surface area contributed by atoms with Gasteiger partial charge in [0.2, 0.25) is 0 Å². The van der Waals surface area contributed by atoms with Crippen LogP contribution in [0.4, 0.5) is 0 Å². The summed E-state index contributed by atoms with van der Waals surface area (Å²) in [7, 11) is -2.40. The molecule has 7 aliphatic rings. The lowest BCUT2D eigenvalue weighted by atomic mass is 9.70. The fourth-order valence-corrected chi connectivity index (χ4v) is 26.5. The van der Waals surface area contributed by atoms with Crippen LogP contribution in [-0.4, -0.2) is 8.07 Å². The summed E-state index contributed by atoms with van der Waals surface area (Å²) in [5.74, 6) is 5.97. The van der Waals surface area contributed by atoms with Gasteiger partial charge in [-0.1, -0.05) is 191 Å². The van der Waals surface area contributed by atoms with Crippen LogP contribution in [0.3, 0.4) is 0 Å². The molecule has 0 aliphatic heterocycles. The van der Waals surface area contributed by atoms with Gasteiger partial charge in [-0.3, -0.25) is 0 Å². The molecule has 0 spiro atoms. The van der Waals surface area contributed by atoms with Gasteiger partial charge in [0.1, 0.15) is 0 Å². The summed E-state index contributed by atoms with van der Waals surface area (Å²) in [6, 6.07) is 43.1. The second kappa shape index (κ2) is 14.5. The Kier molecular flexibility index (Phi) is 8.98. The van der Waals surface area contributed by atoms with E-state index in [0.29, 0.717) is 22.9 Å². The van der Waals surface area contributed by atoms with E-state index < -0.39 is 8.07 Å². The van der Waals surface area contributed by atoms with Crippen LogP contribution in [0.1, 0.15) is 118 Å². The fraction of sp³-hybridized carbons (Fsp3) is 0.414. The van der Waals surface area contributed by atoms with Crippen LogP contribution in [0.5, 0.6) is 0 Å². The standard InChI is InChI=1S/C58H62Si/c1-37-35-54-48(44-29-13-19-39-17-3-7-23-42(39)44)31-15-33-52(54)56(37)59(41-21-5-6-22-41,58-50-27-11-9-25-46(50)47-26-10-12-28-51(47)58)57-38(2)36-55-49(32-16-34-53(55)57)45-30-14-20-40-18-4-8-24-43(40)45/h3-14,17-25,27,29-30,37-38,41,48-49,52-58H,15-16,26,28,31-36H2,1-2H3. The van der Waals surface area contributed by atoms with Crippen LogP contribution < -0.4 is 0 Å². The summed E-state index contributed by atoms with van der Waals surface area (Å²) < 4.78 is 0. The molecule has 59 heavy (non-hydrogen) atoms. The molecule has 298 valence electrons. The van der Waals surface area contributed by atoms with Gasteiger partial charge in [-0.2, -0.15) is 0 Å². The van der Waals surface area contributed by atoms with E-state index >= 15 is 0 Å². The highest BCUT2D eigenvalue weighted by atomic mass is 28.3. The van der Waals surface area contributed by atoms with E-state index in [-0.39, 0.29) is 0 Å². The Morgan fingerprint density at radius 1 is 0.492 bits per heavy atom. The first kappa shape index (κ1) is 36.6. The molecular formula is C58H62Si. The maximum Gasteiger partial charge on any atom is 0.0841 e. The lowest BCUT2D eigenvalue weighted by molar-refractivity contribution is 0.225. The molecule has 0 heterocycles. The third kappa shape index (κ3) is 5.45. The van der Waals surface area contributed by atoms with Crippen molar-refractivity contribution in [3.05, 3.63) is 173 Å². The number of rotatable bonds is 6. The van der Waals surface area contributed by atoms with Crippen LogP contribution in [0.15, 0.2) is 151 Å². The van der Waals surface area contributed by atoms with Gasteiger partial charge in [0.05, 0.1) is 8.07 Å². The summed E-state index contributed by atoms with van der Waals surface area (Å²) in [5, 5.41) is 5.89. The molecular weight excluding hydrogens is 725 g/mol. The van der Waals surface area contributed by atoms with Crippen LogP contribution in [-0.2, 0) is 0 Å². The molecule has 0 nitrogen and oxygen atoms in total. The van der Waals surface area contributed by atoms with Crippen molar-refractivity contribution in [2.24, 2.45) is 35.5 Å². The van der Waals surface area contributed by atoms with E-state index in [9.17, 15) is 0 Å². The Labute approximate surface area is 354 Å². The Balaban J connectivity index is 1.06. The number of fused-ring (bicyclic) bond motifs is 6. The number of hydrogen-bond donors (Lipinski definition) is 0. The average molecular weight is 787 g/mol. The molecule has 0 radical (unpaired) electrons. The maximum absolute atomic E-state index is 2.79. The largest absolute Gasteiger partial charge is 0.0841 e. The first-order valence-electron chi connectivity index (χ1n) is 23.9. The molecule has 0 saturated heterocycles. The van der Waals surface area contributed by atoms with Crippen molar-refractivity contribution in [3.63, 3.8) is 0 Å². The maximum atomic E-state index is 2.79. The highest BCUT2D eigenvalue weighted by Gasteiger charge is 2.69. The van der Waals surface area contributed by atoms with Gasteiger partial charge >= 0.3 is 0 Å². The molecule has 12 rings (SSSR count). The van der Waals surface area contributed by atoms with Crippen molar-refractivity contribution in [1.29, 1.82) is 0 Å². The van der Waals surface area contributed by atoms with Gasteiger partial charge < -0.3 is 0 Å². The van der Waals surface area contributed by atoms with E-state index in [2.05, 4.69) is 159 Å². The monoisotopic (exact) mass is 786 g/mol. The zero-order chi connectivity index (χ0) is 39.2. The number of benzene rings is 5. The van der Waals surface area contributed by atoms with Gasteiger partial charge in [0, 0.05) is 5.54 Å². The Morgan fingerprint density at radius 2 is 1.00 bits per heavy atom. The molecule has 4 fully saturated rings. The minimum absolute atomic E-state index is 0.589. The van der Waals surface area contributed by atoms with Gasteiger partial charge in [0.25, 0.3) is 0 Å². The van der Waals surface area contributed by atoms with Crippen molar-refractivity contribution < 1.29 is 0 Å². The molecule has 11 unspecified atom stereocenters. The van der Waals surface area contributed by atoms with Crippen molar-refractivity contribution in [3.8, 4) is 0 Å². The topological polar surface area (TPSA) is 0 Å². The second-order valence-corrected chi connectivity index (χ2v) is 25.1. The average Bonchev–Trinajstić information content (AvgIpc) is 4.09. The van der Waals surface area contributed by atoms with Crippen LogP contribution in [0, 0.1) is 35.5 Å². The van der Waals surface area contributed by atoms with E-state index in [4.69, 9.17) is 0 Å². The summed E-state index contributed by atoms with van der Waals surface area (Å²) in [5.41, 5.74) is 13.1. The predicted molar refractivity (Wildman–Crippen MR) is 252 cm³/mol. The van der Waals surface area contributed by atoms with Crippen molar-refractivity contribution >= 4 is 35.2 Å². The molecule has 1 heteroatoms. The SMILES string of the molecule is CC1CC2C(c3cccc4ccccc34)CCCC2C1[Si](C1C=CC=C1)(C1C2=C(CC=CC2)c2ccccc21)C1C(C)CC2C(c3cccc4ccccc34)CCCC21. The van der Waals surface area contributed by atoms with Crippen molar-refractivity contribution in [2.75, 3.05) is 0 Å². The van der Waals surface area contributed by atoms with Gasteiger partial charge in [-0.15, -0.1) is 0 Å². The summed E-state index contributed by atoms with van der Waals surface area (Å²) in [6.45, 7) is 5.59. The highest BCUT2D eigenvalue weighted by molar-refractivity contribution is 6.87. The zero-order valence-corrected chi connectivity index (χ0v) is 36.4. The van der Waals surface area contributed by atoms with E-state index in [0.717, 1.165) is 59.4 Å². The third-order valence-corrected chi connectivity index (χ3v) is 25.8. The quantitative estimate of drug-likeness (QED) is 0.119. The molecule has 7 aliphatic carbocycles. The predicted octanol–water partition coefficient (Wildman–Crippen LogP) is 15.9. The minimum Gasteiger partial charge on any atom is -0.0841 e. The molecule has 0 amide bonds. The number of hydrogen-bond acceptors (Lipinski definition) is 0. The van der Waals surface area contributed by atoms with Crippen molar-refractivity contribution in [2.45, 2.75) is 112 Å². The smallest absolute Gasteiger partial charge is 0.0841 e. The normalized spacial score (nSPS) is 34.6. The first-order valence-corrected chi connectivity index (χ1v) is 26.2. The van der Waals surface area contributed by atoms with E-state index in [1.165, 1.54) is 72.9 Å². The molecule has 11 atom stereocenters. The molecule has 0 bridgehead atoms. The lowest BCUT2D eigenvalue weighted by Crippen LogP contribution is -2.59. The first-order chi connectivity index (χ1) is 29.1. The molecule has 0 aromatic heterocycles. The second-order valence-electron chi connectivity index (χ2n) is 20.5. The summed E-state index contributed by atoms with van der Waals surface area (Å²) in [6.07, 6.45) is 29.1. The van der Waals surface area contributed by atoms with Crippen molar-refractivity contribution in [1.82, 2.24) is 0 Å². The van der Waals surface area contributed by atoms with Crippen LogP contribution >= 0.6 is 0 Å². The van der Waals surface area contributed by atoms with Gasteiger partial charge in [0.15, 0.2) is 0 Å². The molecule has 4 saturated carbocycles. The van der Waals surface area contributed by atoms with Gasteiger partial charge in [-0.05, 0) is 152 Å². The molecule has 0 N–H and O–H groups in total. The summed E-state index contributed by atoms with van der Waals surface area (Å²) in [4.78, 5) is 0. The zero-order valence-electron chi connectivity index (χ0n) is 35.4. The van der Waals surface area contributed by atoms with E-state index in [1.54, 1.807) is 27.8 Å².